The Kier molecular flexibility index (Phi) is 6.44. The van der Waals surface area contributed by atoms with Gasteiger partial charge in [0.15, 0.2) is 5.78 Å². The number of Topliss-reactive ketones (excluding diaryl/α,β-unsaturated/α-hetero) is 1. The minimum absolute atomic E-state index is 0.0558. The van der Waals surface area contributed by atoms with Crippen molar-refractivity contribution in [2.75, 3.05) is 44.3 Å². The zero-order valence-electron chi connectivity index (χ0n) is 21.4. The predicted molar refractivity (Wildman–Crippen MR) is 144 cm³/mol. The van der Waals surface area contributed by atoms with Gasteiger partial charge >= 0.3 is 0 Å². The lowest BCUT2D eigenvalue weighted by Gasteiger charge is -2.38. The van der Waals surface area contributed by atoms with E-state index < -0.39 is 0 Å². The molecule has 8 heteroatoms. The van der Waals surface area contributed by atoms with Crippen molar-refractivity contribution in [3.05, 3.63) is 71.9 Å². The maximum Gasteiger partial charge on any atom is 0.169 e. The minimum Gasteiger partial charge on any atom is -0.379 e. The Labute approximate surface area is 216 Å². The summed E-state index contributed by atoms with van der Waals surface area (Å²) in [5, 5.41) is 6.68. The molecule has 2 saturated heterocycles. The van der Waals surface area contributed by atoms with Gasteiger partial charge in [0.2, 0.25) is 0 Å². The second-order valence-electron chi connectivity index (χ2n) is 10.3. The van der Waals surface area contributed by atoms with Crippen LogP contribution in [-0.4, -0.2) is 69.8 Å². The highest BCUT2D eigenvalue weighted by Gasteiger charge is 2.24. The molecule has 190 valence electrons. The molecule has 37 heavy (non-hydrogen) atoms. The topological polar surface area (TPSA) is 76.4 Å². The Hall–Kier alpha value is -3.62. The molecule has 2 aliphatic rings. The van der Waals surface area contributed by atoms with E-state index in [0.29, 0.717) is 11.5 Å². The van der Waals surface area contributed by atoms with Crippen molar-refractivity contribution in [3.8, 4) is 11.1 Å². The fourth-order valence-electron chi connectivity index (χ4n) is 5.23. The molecule has 0 aliphatic carbocycles. The third kappa shape index (κ3) is 4.99. The molecular formula is C29H32N6O2. The normalized spacial score (nSPS) is 16.8. The lowest BCUT2D eigenvalue weighted by atomic mass is 10.00. The third-order valence-electron chi connectivity index (χ3n) is 7.43. The Morgan fingerprint density at radius 1 is 1.03 bits per heavy atom. The first-order valence-corrected chi connectivity index (χ1v) is 13.0. The maximum absolute atomic E-state index is 13.1. The molecule has 2 aliphatic heterocycles. The molecule has 3 aromatic heterocycles. The van der Waals surface area contributed by atoms with E-state index in [1.165, 1.54) is 5.69 Å². The molecule has 5 heterocycles. The van der Waals surface area contributed by atoms with Gasteiger partial charge in [-0.05, 0) is 41.1 Å². The highest BCUT2D eigenvalue weighted by molar-refractivity contribution is 5.98. The number of rotatable bonds is 7. The van der Waals surface area contributed by atoms with E-state index in [1.54, 1.807) is 12.3 Å². The van der Waals surface area contributed by atoms with E-state index in [-0.39, 0.29) is 12.2 Å². The molecule has 0 atom stereocenters. The van der Waals surface area contributed by atoms with Crippen LogP contribution in [0, 0.1) is 5.92 Å². The molecule has 0 amide bonds. The van der Waals surface area contributed by atoms with E-state index in [1.807, 2.05) is 36.3 Å². The summed E-state index contributed by atoms with van der Waals surface area (Å²) in [6.07, 6.45) is 5.80. The molecule has 0 spiro atoms. The Morgan fingerprint density at radius 2 is 1.86 bits per heavy atom. The van der Waals surface area contributed by atoms with E-state index in [4.69, 9.17) is 4.74 Å². The number of anilines is 1. The number of aromatic nitrogens is 4. The number of ketones is 1. The van der Waals surface area contributed by atoms with Crippen molar-refractivity contribution < 1.29 is 9.53 Å². The van der Waals surface area contributed by atoms with Gasteiger partial charge in [-0.15, -0.1) is 0 Å². The summed E-state index contributed by atoms with van der Waals surface area (Å²) in [4.78, 5) is 26.8. The number of pyridine rings is 2. The second-order valence-corrected chi connectivity index (χ2v) is 10.3. The van der Waals surface area contributed by atoms with Crippen LogP contribution < -0.4 is 4.90 Å². The predicted octanol–water partition coefficient (Wildman–Crippen LogP) is 3.74. The largest absolute Gasteiger partial charge is 0.379 e. The zero-order chi connectivity index (χ0) is 25.4. The minimum atomic E-state index is 0.0558. The van der Waals surface area contributed by atoms with E-state index >= 15 is 0 Å². The van der Waals surface area contributed by atoms with Gasteiger partial charge in [0.05, 0.1) is 31.5 Å². The molecule has 2 fully saturated rings. The van der Waals surface area contributed by atoms with Crippen LogP contribution in [0.5, 0.6) is 0 Å². The summed E-state index contributed by atoms with van der Waals surface area (Å²) < 4.78 is 7.48. The molecule has 1 aromatic carbocycles. The van der Waals surface area contributed by atoms with E-state index in [9.17, 15) is 4.79 Å². The monoisotopic (exact) mass is 496 g/mol. The number of ether oxygens (including phenoxy) is 1. The lowest BCUT2D eigenvalue weighted by molar-refractivity contribution is 0.0332. The second kappa shape index (κ2) is 10.0. The Balaban J connectivity index is 1.23. The fourth-order valence-corrected chi connectivity index (χ4v) is 5.23. The average Bonchev–Trinajstić information content (AvgIpc) is 3.26. The van der Waals surface area contributed by atoms with Crippen molar-refractivity contribution >= 4 is 22.4 Å². The highest BCUT2D eigenvalue weighted by atomic mass is 16.5. The zero-order valence-corrected chi connectivity index (χ0v) is 21.4. The smallest absolute Gasteiger partial charge is 0.169 e. The standard InChI is InChI=1S/C29H32N6O2/c1-20-17-35(18-20)29-13-22(5-6-30-29)28(36)14-25-12-24-11-21(3-4-23(24)15-31-25)26-16-32-33(2)27(26)19-34-7-9-37-10-8-34/h3-6,11-13,15-16,20H,7-10,14,17-19H2,1-2H3. The third-order valence-corrected chi connectivity index (χ3v) is 7.43. The van der Waals surface area contributed by atoms with E-state index in [0.717, 1.165) is 79.3 Å². The van der Waals surface area contributed by atoms with Gasteiger partial charge in [0, 0.05) is 74.4 Å². The van der Waals surface area contributed by atoms with Gasteiger partial charge in [-0.3, -0.25) is 19.4 Å². The highest BCUT2D eigenvalue weighted by Crippen LogP contribution is 2.29. The summed E-state index contributed by atoms with van der Waals surface area (Å²) >= 11 is 0. The number of carbonyl (C=O) groups excluding carboxylic acids is 1. The van der Waals surface area contributed by atoms with Gasteiger partial charge in [0.1, 0.15) is 5.82 Å². The maximum atomic E-state index is 13.1. The van der Waals surface area contributed by atoms with E-state index in [2.05, 4.69) is 50.0 Å². The summed E-state index contributed by atoms with van der Waals surface area (Å²) in [6, 6.07) is 12.1. The molecule has 0 bridgehead atoms. The van der Waals surface area contributed by atoms with Crippen LogP contribution in [0.2, 0.25) is 0 Å². The average molecular weight is 497 g/mol. The lowest BCUT2D eigenvalue weighted by Crippen LogP contribution is -2.45. The molecule has 0 unspecified atom stereocenters. The van der Waals surface area contributed by atoms with Crippen molar-refractivity contribution in [3.63, 3.8) is 0 Å². The van der Waals surface area contributed by atoms with Gasteiger partial charge < -0.3 is 9.64 Å². The molecule has 6 rings (SSSR count). The number of hydrogen-bond acceptors (Lipinski definition) is 7. The van der Waals surface area contributed by atoms with Gasteiger partial charge in [-0.25, -0.2) is 4.98 Å². The summed E-state index contributed by atoms with van der Waals surface area (Å²) in [7, 11) is 2.00. The van der Waals surface area contributed by atoms with Crippen LogP contribution in [0.4, 0.5) is 5.82 Å². The van der Waals surface area contributed by atoms with Crippen molar-refractivity contribution in [1.29, 1.82) is 0 Å². The number of aryl methyl sites for hydroxylation is 1. The number of benzene rings is 1. The van der Waals surface area contributed by atoms with Crippen LogP contribution in [-0.2, 0) is 24.8 Å². The van der Waals surface area contributed by atoms with Crippen LogP contribution >= 0.6 is 0 Å². The molecule has 8 nitrogen and oxygen atoms in total. The van der Waals surface area contributed by atoms with Crippen molar-refractivity contribution in [2.24, 2.45) is 13.0 Å². The fraction of sp³-hybridized carbons (Fsp3) is 0.379. The SMILES string of the molecule is CC1CN(c2cc(C(=O)Cc3cc4cc(-c5cnn(C)c5CN5CCOCC5)ccc4cn3)ccn2)C1. The van der Waals surface area contributed by atoms with Crippen LogP contribution in [0.15, 0.2) is 55.0 Å². The van der Waals surface area contributed by atoms with Crippen LogP contribution in [0.1, 0.15) is 28.7 Å². The summed E-state index contributed by atoms with van der Waals surface area (Å²) in [5.41, 5.74) is 4.90. The number of fused-ring (bicyclic) bond motifs is 1. The number of morpholine rings is 1. The number of carbonyl (C=O) groups is 1. The van der Waals surface area contributed by atoms with Gasteiger partial charge in [0.25, 0.3) is 0 Å². The van der Waals surface area contributed by atoms with Crippen LogP contribution in [0.25, 0.3) is 21.9 Å². The molecule has 0 N–H and O–H groups in total. The number of nitrogens with zero attached hydrogens (tertiary/aromatic N) is 6. The van der Waals surface area contributed by atoms with Gasteiger partial charge in [-0.2, -0.15) is 5.10 Å². The van der Waals surface area contributed by atoms with Crippen molar-refractivity contribution in [2.45, 2.75) is 19.9 Å². The molecule has 0 saturated carbocycles. The molecular weight excluding hydrogens is 464 g/mol. The molecule has 0 radical (unpaired) electrons. The first-order valence-electron chi connectivity index (χ1n) is 13.0. The quantitative estimate of drug-likeness (QED) is 0.361. The number of hydrogen-bond donors (Lipinski definition) is 0. The van der Waals surface area contributed by atoms with Gasteiger partial charge in [-0.1, -0.05) is 19.1 Å². The summed E-state index contributed by atoms with van der Waals surface area (Å²) in [6.45, 7) is 8.46. The molecule has 4 aromatic rings. The first kappa shape index (κ1) is 23.8. The first-order chi connectivity index (χ1) is 18.0. The Morgan fingerprint density at radius 3 is 2.68 bits per heavy atom. The summed E-state index contributed by atoms with van der Waals surface area (Å²) in [5.74, 6) is 1.61. The van der Waals surface area contributed by atoms with Crippen LogP contribution in [0.3, 0.4) is 0 Å². The van der Waals surface area contributed by atoms with Crippen molar-refractivity contribution in [1.82, 2.24) is 24.6 Å². The Bertz CT molecular complexity index is 1440.